The minimum absolute atomic E-state index is 0.0571. The monoisotopic (exact) mass is 656 g/mol. The number of aromatic nitrogens is 4. The number of carbonyl (C=O) groups is 3. The third-order valence-corrected chi connectivity index (χ3v) is 8.82. The van der Waals surface area contributed by atoms with Crippen LogP contribution in [0.1, 0.15) is 68.7 Å². The number of imidazole rings is 1. The molecule has 4 aromatic rings. The molecule has 12 nitrogen and oxygen atoms in total. The summed E-state index contributed by atoms with van der Waals surface area (Å²) < 4.78 is 7.46. The minimum atomic E-state index is -0.637. The molecule has 1 aliphatic heterocycles. The summed E-state index contributed by atoms with van der Waals surface area (Å²) in [7, 11) is 0. The van der Waals surface area contributed by atoms with Gasteiger partial charge in [0.15, 0.2) is 5.65 Å². The number of hydrogen-bond acceptors (Lipinski definition) is 8. The van der Waals surface area contributed by atoms with Crippen molar-refractivity contribution in [3.05, 3.63) is 77.0 Å². The number of carbonyl (C=O) groups excluding carboxylic acids is 3. The predicted octanol–water partition coefficient (Wildman–Crippen LogP) is 5.59. The highest BCUT2D eigenvalue weighted by Gasteiger charge is 2.44. The molecule has 0 unspecified atom stereocenters. The van der Waals surface area contributed by atoms with E-state index in [2.05, 4.69) is 32.9 Å². The standard InChI is InChI=1S/C34H37ClN8O4/c1-34(2,3)47-33(46)41-9-10-43(30(44)18-41)27-12-22(20-7-8-20)16-42-17-24(39-31(27)42)15-36-28-14-29(38-19-37-28)40-32(45)26-13-25(26)21-5-4-6-23(35)11-21/h4-6,11-12,14,16-17,19-20,25-26H,7-10,13,15,18H2,1-3H3,(H2,36,37,38,40,45)/t25-,26+/m1/s1. The van der Waals surface area contributed by atoms with E-state index in [4.69, 9.17) is 21.3 Å². The molecule has 3 aliphatic rings. The Morgan fingerprint density at radius 3 is 2.60 bits per heavy atom. The summed E-state index contributed by atoms with van der Waals surface area (Å²) in [5, 5.41) is 6.87. The number of piperazine rings is 1. The van der Waals surface area contributed by atoms with Crippen molar-refractivity contribution in [2.75, 3.05) is 35.2 Å². The first-order valence-electron chi connectivity index (χ1n) is 15.9. The van der Waals surface area contributed by atoms with Crippen LogP contribution in [0, 0.1) is 5.92 Å². The van der Waals surface area contributed by atoms with Crippen LogP contribution in [0.2, 0.25) is 5.02 Å². The number of nitrogens with zero attached hydrogens (tertiary/aromatic N) is 6. The first-order chi connectivity index (χ1) is 22.5. The van der Waals surface area contributed by atoms with Crippen molar-refractivity contribution in [2.24, 2.45) is 5.92 Å². The topological polar surface area (TPSA) is 134 Å². The number of benzene rings is 1. The molecule has 4 heterocycles. The quantitative estimate of drug-likeness (QED) is 0.251. The summed E-state index contributed by atoms with van der Waals surface area (Å²) in [6.45, 7) is 6.44. The third kappa shape index (κ3) is 7.02. The Balaban J connectivity index is 1.03. The van der Waals surface area contributed by atoms with E-state index in [-0.39, 0.29) is 30.2 Å². The minimum Gasteiger partial charge on any atom is -0.444 e. The fraction of sp³-hybridized carbons (Fsp3) is 0.412. The molecule has 1 aromatic carbocycles. The van der Waals surface area contributed by atoms with E-state index in [9.17, 15) is 14.4 Å². The van der Waals surface area contributed by atoms with Gasteiger partial charge in [-0.1, -0.05) is 23.7 Å². The van der Waals surface area contributed by atoms with Gasteiger partial charge in [-0.2, -0.15) is 0 Å². The van der Waals surface area contributed by atoms with Gasteiger partial charge < -0.3 is 24.7 Å². The second kappa shape index (κ2) is 12.1. The van der Waals surface area contributed by atoms with Crippen molar-refractivity contribution in [3.8, 4) is 0 Å². The number of hydrogen-bond donors (Lipinski definition) is 2. The van der Waals surface area contributed by atoms with Gasteiger partial charge in [-0.05, 0) is 81.2 Å². The fourth-order valence-electron chi connectivity index (χ4n) is 6.00. The van der Waals surface area contributed by atoms with E-state index >= 15 is 0 Å². The Labute approximate surface area is 277 Å². The van der Waals surface area contributed by atoms with Gasteiger partial charge in [-0.15, -0.1) is 0 Å². The highest BCUT2D eigenvalue weighted by molar-refractivity contribution is 6.30. The van der Waals surface area contributed by atoms with Crippen molar-refractivity contribution in [2.45, 2.75) is 64.0 Å². The van der Waals surface area contributed by atoms with Gasteiger partial charge in [0.1, 0.15) is 30.1 Å². The van der Waals surface area contributed by atoms with Crippen LogP contribution in [-0.2, 0) is 20.9 Å². The van der Waals surface area contributed by atoms with Gasteiger partial charge in [-0.25, -0.2) is 19.7 Å². The van der Waals surface area contributed by atoms with Crippen LogP contribution in [0.3, 0.4) is 0 Å². The summed E-state index contributed by atoms with van der Waals surface area (Å²) in [5.74, 6) is 1.19. The lowest BCUT2D eigenvalue weighted by molar-refractivity contribution is -0.121. The Bertz CT molecular complexity index is 1870. The second-order valence-electron chi connectivity index (χ2n) is 13.5. The largest absolute Gasteiger partial charge is 0.444 e. The smallest absolute Gasteiger partial charge is 0.410 e. The Morgan fingerprint density at radius 2 is 1.85 bits per heavy atom. The molecule has 3 aromatic heterocycles. The molecule has 0 bridgehead atoms. The molecule has 47 heavy (non-hydrogen) atoms. The zero-order valence-corrected chi connectivity index (χ0v) is 27.3. The molecular weight excluding hydrogens is 620 g/mol. The number of ether oxygens (including phenoxy) is 1. The van der Waals surface area contributed by atoms with Crippen LogP contribution in [0.4, 0.5) is 22.1 Å². The van der Waals surface area contributed by atoms with Gasteiger partial charge in [0.2, 0.25) is 11.8 Å². The lowest BCUT2D eigenvalue weighted by Gasteiger charge is -2.35. The third-order valence-electron chi connectivity index (χ3n) is 8.59. The van der Waals surface area contributed by atoms with Crippen LogP contribution in [0.25, 0.3) is 5.65 Å². The molecule has 0 spiro atoms. The van der Waals surface area contributed by atoms with Gasteiger partial charge in [-0.3, -0.25) is 14.5 Å². The molecule has 1 saturated heterocycles. The molecule has 13 heteroatoms. The maximum absolute atomic E-state index is 13.4. The SMILES string of the molecule is CC(C)(C)OC(=O)N1CCN(c2cc(C3CC3)cn3cc(CNc4cc(NC(=O)[C@H]5C[C@@H]5c5cccc(Cl)c5)ncn4)nc23)C(=O)C1. The summed E-state index contributed by atoms with van der Waals surface area (Å²) in [4.78, 5) is 55.5. The fourth-order valence-corrected chi connectivity index (χ4v) is 6.20. The molecule has 3 amide bonds. The van der Waals surface area contributed by atoms with Gasteiger partial charge in [0, 0.05) is 42.5 Å². The van der Waals surface area contributed by atoms with E-state index in [1.165, 1.54) is 11.2 Å². The Morgan fingerprint density at radius 1 is 1.04 bits per heavy atom. The van der Waals surface area contributed by atoms with Crippen molar-refractivity contribution < 1.29 is 19.1 Å². The van der Waals surface area contributed by atoms with E-state index in [0.717, 1.165) is 41.8 Å². The number of pyridine rings is 1. The lowest BCUT2D eigenvalue weighted by Crippen LogP contribution is -2.53. The number of rotatable bonds is 8. The molecule has 2 atom stereocenters. The number of anilines is 3. The van der Waals surface area contributed by atoms with Crippen molar-refractivity contribution >= 4 is 52.5 Å². The summed E-state index contributed by atoms with van der Waals surface area (Å²) >= 11 is 6.13. The number of nitrogens with one attached hydrogen (secondary N) is 2. The van der Waals surface area contributed by atoms with Gasteiger partial charge in [0.25, 0.3) is 0 Å². The average Bonchev–Trinajstić information content (AvgIpc) is 3.95. The Kier molecular flexibility index (Phi) is 7.99. The molecule has 2 aliphatic carbocycles. The Hall–Kier alpha value is -4.71. The number of fused-ring (bicyclic) bond motifs is 1. The summed E-state index contributed by atoms with van der Waals surface area (Å²) in [5.41, 5.74) is 3.75. The lowest BCUT2D eigenvalue weighted by atomic mass is 10.1. The van der Waals surface area contributed by atoms with Crippen LogP contribution in [-0.4, -0.2) is 67.4 Å². The molecular formula is C34H37ClN8O4. The van der Waals surface area contributed by atoms with Crippen LogP contribution >= 0.6 is 11.6 Å². The van der Waals surface area contributed by atoms with Crippen LogP contribution in [0.15, 0.2) is 55.1 Å². The van der Waals surface area contributed by atoms with Crippen molar-refractivity contribution in [1.82, 2.24) is 24.3 Å². The number of amides is 3. The molecule has 7 rings (SSSR count). The van der Waals surface area contributed by atoms with E-state index < -0.39 is 11.7 Å². The zero-order chi connectivity index (χ0) is 32.9. The predicted molar refractivity (Wildman–Crippen MR) is 178 cm³/mol. The maximum atomic E-state index is 13.4. The van der Waals surface area contributed by atoms with Crippen molar-refractivity contribution in [1.29, 1.82) is 0 Å². The van der Waals surface area contributed by atoms with E-state index in [0.29, 0.717) is 47.9 Å². The van der Waals surface area contributed by atoms with Crippen LogP contribution < -0.4 is 15.5 Å². The molecule has 244 valence electrons. The average molecular weight is 657 g/mol. The van der Waals surface area contributed by atoms with E-state index in [1.54, 1.807) is 11.0 Å². The first-order valence-corrected chi connectivity index (χ1v) is 16.3. The van der Waals surface area contributed by atoms with Gasteiger partial charge in [0.05, 0.1) is 17.9 Å². The molecule has 2 saturated carbocycles. The summed E-state index contributed by atoms with van der Waals surface area (Å²) in [6, 6.07) is 11.4. The molecule has 3 fully saturated rings. The highest BCUT2D eigenvalue weighted by Crippen LogP contribution is 2.48. The van der Waals surface area contributed by atoms with E-state index in [1.807, 2.05) is 55.6 Å². The molecule has 2 N–H and O–H groups in total. The first kappa shape index (κ1) is 30.9. The maximum Gasteiger partial charge on any atom is 0.410 e. The van der Waals surface area contributed by atoms with Crippen molar-refractivity contribution in [3.63, 3.8) is 0 Å². The normalized spacial score (nSPS) is 19.5. The number of halogens is 1. The second-order valence-corrected chi connectivity index (χ2v) is 13.9. The summed E-state index contributed by atoms with van der Waals surface area (Å²) in [6.07, 6.45) is 7.95. The highest BCUT2D eigenvalue weighted by atomic mass is 35.5. The molecule has 0 radical (unpaired) electrons. The zero-order valence-electron chi connectivity index (χ0n) is 26.6. The van der Waals surface area contributed by atoms with Gasteiger partial charge >= 0.3 is 6.09 Å². The van der Waals surface area contributed by atoms with Crippen LogP contribution in [0.5, 0.6) is 0 Å².